The topological polar surface area (TPSA) is 44.4 Å². The number of carbonyl (C=O) groups is 1. The van der Waals surface area contributed by atoms with Crippen molar-refractivity contribution in [2.45, 2.75) is 32.0 Å². The molecule has 2 N–H and O–H groups in total. The highest BCUT2D eigenvalue weighted by Gasteiger charge is 2.34. The summed E-state index contributed by atoms with van der Waals surface area (Å²) >= 11 is 0. The Bertz CT molecular complexity index is 653. The molecule has 2 heterocycles. The van der Waals surface area contributed by atoms with Crippen molar-refractivity contribution < 1.29 is 18.0 Å². The summed E-state index contributed by atoms with van der Waals surface area (Å²) in [6.45, 7) is 5.19. The van der Waals surface area contributed by atoms with E-state index >= 15 is 0 Å². The Kier molecular flexibility index (Phi) is 9.73. The molecule has 2 aliphatic rings. The predicted molar refractivity (Wildman–Crippen MR) is 113 cm³/mol. The maximum atomic E-state index is 12.8. The van der Waals surface area contributed by atoms with Gasteiger partial charge in [0, 0.05) is 18.5 Å². The smallest absolute Gasteiger partial charge is 0.356 e. The van der Waals surface area contributed by atoms with Crippen molar-refractivity contribution >= 4 is 30.7 Å². The average molecular weight is 456 g/mol. The fourth-order valence-corrected chi connectivity index (χ4v) is 4.14. The van der Waals surface area contributed by atoms with Crippen LogP contribution in [-0.2, 0) is 11.0 Å². The molecule has 0 aliphatic carbocycles. The van der Waals surface area contributed by atoms with E-state index in [9.17, 15) is 18.0 Å². The lowest BCUT2D eigenvalue weighted by molar-refractivity contribution is -0.137. The lowest BCUT2D eigenvalue weighted by atomic mass is 9.84. The third kappa shape index (κ3) is 6.23. The first-order valence-electron chi connectivity index (χ1n) is 9.63. The number of alkyl halides is 3. The molecule has 0 saturated carbocycles. The third-order valence-corrected chi connectivity index (χ3v) is 6.06. The molecule has 4 nitrogen and oxygen atoms in total. The summed E-state index contributed by atoms with van der Waals surface area (Å²) in [7, 11) is 2.00. The summed E-state index contributed by atoms with van der Waals surface area (Å²) in [6, 6.07) is 5.47. The summed E-state index contributed by atoms with van der Waals surface area (Å²) in [4.78, 5) is 14.6. The Labute approximate surface area is 182 Å². The van der Waals surface area contributed by atoms with Crippen molar-refractivity contribution in [1.29, 1.82) is 0 Å². The minimum absolute atomic E-state index is 0. The number of benzene rings is 1. The quantitative estimate of drug-likeness (QED) is 0.707. The molecule has 9 heteroatoms. The van der Waals surface area contributed by atoms with Crippen LogP contribution >= 0.6 is 24.8 Å². The van der Waals surface area contributed by atoms with Gasteiger partial charge in [-0.3, -0.25) is 9.69 Å². The van der Waals surface area contributed by atoms with E-state index in [1.165, 1.54) is 0 Å². The molecule has 0 aromatic heterocycles. The number of nitrogens with zero attached hydrogens (tertiary/aromatic N) is 1. The molecule has 1 aromatic rings. The van der Waals surface area contributed by atoms with E-state index in [2.05, 4.69) is 15.5 Å². The molecule has 166 valence electrons. The van der Waals surface area contributed by atoms with Crippen molar-refractivity contribution in [1.82, 2.24) is 15.5 Å². The number of carbonyl (C=O) groups excluding carboxylic acids is 1. The molecule has 1 amide bonds. The minimum Gasteiger partial charge on any atom is -0.356 e. The van der Waals surface area contributed by atoms with Crippen LogP contribution in [-0.4, -0.2) is 44.0 Å². The third-order valence-electron chi connectivity index (χ3n) is 6.06. The van der Waals surface area contributed by atoms with Gasteiger partial charge in [-0.25, -0.2) is 0 Å². The summed E-state index contributed by atoms with van der Waals surface area (Å²) in [5, 5.41) is 6.27. The van der Waals surface area contributed by atoms with Gasteiger partial charge in [-0.2, -0.15) is 13.2 Å². The first kappa shape index (κ1) is 26.0. The predicted octanol–water partition coefficient (Wildman–Crippen LogP) is 3.90. The molecule has 2 aliphatic heterocycles. The number of rotatable bonds is 5. The first-order valence-corrected chi connectivity index (χ1v) is 9.63. The Morgan fingerprint density at radius 3 is 2.38 bits per heavy atom. The van der Waals surface area contributed by atoms with Crippen molar-refractivity contribution in [3.8, 4) is 0 Å². The SMILES string of the molecule is CC(C(=O)NCC1CCCN(C)C1c1ccc(C(F)(F)F)cc1)C1CNC1.Cl.Cl. The number of hydrogen-bond donors (Lipinski definition) is 2. The van der Waals surface area contributed by atoms with Crippen molar-refractivity contribution in [3.63, 3.8) is 0 Å². The largest absolute Gasteiger partial charge is 0.416 e. The number of halogens is 5. The maximum absolute atomic E-state index is 12.8. The minimum atomic E-state index is -4.32. The molecule has 2 fully saturated rings. The zero-order valence-electron chi connectivity index (χ0n) is 16.7. The van der Waals surface area contributed by atoms with E-state index in [0.717, 1.165) is 50.2 Å². The van der Waals surface area contributed by atoms with Crippen LogP contribution < -0.4 is 10.6 Å². The summed E-state index contributed by atoms with van der Waals surface area (Å²) < 4.78 is 38.5. The van der Waals surface area contributed by atoms with E-state index in [0.29, 0.717) is 12.5 Å². The van der Waals surface area contributed by atoms with E-state index in [-0.39, 0.29) is 48.6 Å². The zero-order chi connectivity index (χ0) is 19.6. The second kappa shape index (κ2) is 10.8. The summed E-state index contributed by atoms with van der Waals surface area (Å²) in [5.41, 5.74) is 0.248. The number of amides is 1. The van der Waals surface area contributed by atoms with Crippen molar-refractivity contribution in [2.24, 2.45) is 17.8 Å². The van der Waals surface area contributed by atoms with Gasteiger partial charge in [0.1, 0.15) is 0 Å². The molecular weight excluding hydrogens is 426 g/mol. The normalized spacial score (nSPS) is 23.9. The van der Waals surface area contributed by atoms with E-state index in [1.807, 2.05) is 14.0 Å². The maximum Gasteiger partial charge on any atom is 0.416 e. The van der Waals surface area contributed by atoms with Gasteiger partial charge in [0.15, 0.2) is 0 Å². The Hall–Kier alpha value is -1.02. The summed E-state index contributed by atoms with van der Waals surface area (Å²) in [5.74, 6) is 0.638. The highest BCUT2D eigenvalue weighted by atomic mass is 35.5. The van der Waals surface area contributed by atoms with Crippen molar-refractivity contribution in [3.05, 3.63) is 35.4 Å². The van der Waals surface area contributed by atoms with Crippen molar-refractivity contribution in [2.75, 3.05) is 33.2 Å². The molecule has 3 rings (SSSR count). The summed E-state index contributed by atoms with van der Waals surface area (Å²) in [6.07, 6.45) is -2.34. The lowest BCUT2D eigenvalue weighted by Crippen LogP contribution is -2.50. The molecular formula is C20H30Cl2F3N3O. The van der Waals surface area contributed by atoms with Crippen LogP contribution in [0, 0.1) is 17.8 Å². The van der Waals surface area contributed by atoms with Gasteiger partial charge < -0.3 is 10.6 Å². The van der Waals surface area contributed by atoms with Crippen LogP contribution in [0.25, 0.3) is 0 Å². The van der Waals surface area contributed by atoms with Crippen LogP contribution in [0.1, 0.15) is 36.9 Å². The molecule has 3 unspecified atom stereocenters. The fourth-order valence-electron chi connectivity index (χ4n) is 4.14. The molecule has 2 saturated heterocycles. The number of hydrogen-bond acceptors (Lipinski definition) is 3. The number of piperidine rings is 1. The van der Waals surface area contributed by atoms with Crippen LogP contribution in [0.5, 0.6) is 0 Å². The van der Waals surface area contributed by atoms with Crippen LogP contribution in [0.2, 0.25) is 0 Å². The van der Waals surface area contributed by atoms with E-state index < -0.39 is 11.7 Å². The standard InChI is InChI=1S/C20H28F3N3O.2ClH/c1-13(16-10-24-11-16)19(27)25-12-15-4-3-9-26(2)18(15)14-5-7-17(8-6-14)20(21,22)23;;/h5-8,13,15-16,18,24H,3-4,9-12H2,1-2H3,(H,25,27);2*1H. The molecule has 1 aromatic carbocycles. The molecule has 3 atom stereocenters. The Balaban J connectivity index is 0.00000210. The number of likely N-dealkylation sites (tertiary alicyclic amines) is 1. The fraction of sp³-hybridized carbons (Fsp3) is 0.650. The van der Waals surface area contributed by atoms with Gasteiger partial charge in [-0.05, 0) is 69.1 Å². The molecule has 0 radical (unpaired) electrons. The van der Waals surface area contributed by atoms with Gasteiger partial charge in [-0.15, -0.1) is 24.8 Å². The molecule has 29 heavy (non-hydrogen) atoms. The van der Waals surface area contributed by atoms with Crippen LogP contribution in [0.4, 0.5) is 13.2 Å². The Morgan fingerprint density at radius 1 is 1.24 bits per heavy atom. The van der Waals surface area contributed by atoms with E-state index in [4.69, 9.17) is 0 Å². The molecule has 0 bridgehead atoms. The van der Waals surface area contributed by atoms with Gasteiger partial charge in [0.2, 0.25) is 5.91 Å². The van der Waals surface area contributed by atoms with E-state index in [1.54, 1.807) is 12.1 Å². The second-order valence-electron chi connectivity index (χ2n) is 7.90. The molecule has 0 spiro atoms. The second-order valence-corrected chi connectivity index (χ2v) is 7.90. The number of nitrogens with one attached hydrogen (secondary N) is 2. The van der Waals surface area contributed by atoms with Crippen LogP contribution in [0.3, 0.4) is 0 Å². The zero-order valence-corrected chi connectivity index (χ0v) is 18.3. The van der Waals surface area contributed by atoms with Gasteiger partial charge in [-0.1, -0.05) is 19.1 Å². The van der Waals surface area contributed by atoms with Crippen LogP contribution in [0.15, 0.2) is 24.3 Å². The van der Waals surface area contributed by atoms with Gasteiger partial charge >= 0.3 is 6.18 Å². The van der Waals surface area contributed by atoms with Gasteiger partial charge in [0.25, 0.3) is 0 Å². The monoisotopic (exact) mass is 455 g/mol. The first-order chi connectivity index (χ1) is 12.8. The lowest BCUT2D eigenvalue weighted by Gasteiger charge is -2.40. The average Bonchev–Trinajstić information content (AvgIpc) is 2.57. The highest BCUT2D eigenvalue weighted by Crippen LogP contribution is 2.36. The van der Waals surface area contributed by atoms with Gasteiger partial charge in [0.05, 0.1) is 5.56 Å². The Morgan fingerprint density at radius 2 is 1.86 bits per heavy atom. The highest BCUT2D eigenvalue weighted by molar-refractivity contribution is 5.85.